The summed E-state index contributed by atoms with van der Waals surface area (Å²) in [5, 5.41) is 18.4. The quantitative estimate of drug-likeness (QED) is 0.0993. The second kappa shape index (κ2) is 30.7. The number of allylic oxidation sites excluding steroid dienone is 11. The summed E-state index contributed by atoms with van der Waals surface area (Å²) in [6.07, 6.45) is 25.9. The SMILES string of the molecule is C=CC(C)CCC=C(C)C.C=CCc1ccc(OC)c(OC)c1.CC(C)=CCCC(C)=CC=O.CC(C)=CCCC(C)=CCO.CC1(C)C2CCC1(C)C(O)C2. The van der Waals surface area contributed by atoms with E-state index >= 15 is 0 Å². The Morgan fingerprint density at radius 2 is 1.38 bits per heavy atom. The first kappa shape index (κ1) is 54.7. The molecule has 5 nitrogen and oxygen atoms in total. The Morgan fingerprint density at radius 3 is 1.75 bits per heavy atom. The van der Waals surface area contributed by atoms with E-state index in [1.165, 1.54) is 53.5 Å². The highest BCUT2D eigenvalue weighted by Gasteiger charge is 2.60. The van der Waals surface area contributed by atoms with Crippen LogP contribution in [0.3, 0.4) is 0 Å². The monoisotopic (exact) mass is 777 g/mol. The van der Waals surface area contributed by atoms with Crippen LogP contribution in [0.5, 0.6) is 11.5 Å². The van der Waals surface area contributed by atoms with Gasteiger partial charge in [-0.1, -0.05) is 98.1 Å². The fourth-order valence-electron chi connectivity index (χ4n) is 6.72. The van der Waals surface area contributed by atoms with Gasteiger partial charge in [0.15, 0.2) is 11.5 Å². The van der Waals surface area contributed by atoms with Crippen molar-refractivity contribution in [1.29, 1.82) is 0 Å². The third kappa shape index (κ3) is 23.0. The molecule has 0 aliphatic heterocycles. The molecule has 318 valence electrons. The molecule has 3 rings (SSSR count). The fraction of sp³-hybridized carbons (Fsp3) is 0.588. The van der Waals surface area contributed by atoms with Crippen LogP contribution in [0.2, 0.25) is 0 Å². The third-order valence-corrected chi connectivity index (χ3v) is 11.1. The molecule has 1 aromatic carbocycles. The molecule has 0 radical (unpaired) electrons. The molecule has 2 N–H and O–H groups in total. The Bertz CT molecular complexity index is 1410. The smallest absolute Gasteiger partial charge is 0.160 e. The zero-order chi connectivity index (χ0) is 43.3. The van der Waals surface area contributed by atoms with E-state index in [0.29, 0.717) is 11.3 Å². The molecule has 4 atom stereocenters. The zero-order valence-electron chi connectivity index (χ0n) is 38.4. The maximum Gasteiger partial charge on any atom is 0.160 e. The van der Waals surface area contributed by atoms with Gasteiger partial charge in [0.05, 0.1) is 26.9 Å². The Morgan fingerprint density at radius 1 is 0.839 bits per heavy atom. The number of fused-ring (bicyclic) bond motifs is 2. The maximum absolute atomic E-state index is 10.0. The largest absolute Gasteiger partial charge is 0.493 e. The summed E-state index contributed by atoms with van der Waals surface area (Å²) < 4.78 is 10.3. The van der Waals surface area contributed by atoms with Gasteiger partial charge in [0.25, 0.3) is 0 Å². The molecule has 0 heterocycles. The van der Waals surface area contributed by atoms with E-state index in [1.807, 2.05) is 43.4 Å². The van der Waals surface area contributed by atoms with Gasteiger partial charge in [-0.25, -0.2) is 0 Å². The van der Waals surface area contributed by atoms with Crippen molar-refractivity contribution in [2.75, 3.05) is 20.8 Å². The first-order valence-electron chi connectivity index (χ1n) is 20.7. The topological polar surface area (TPSA) is 76.0 Å². The maximum atomic E-state index is 10.0. The number of rotatable bonds is 16. The van der Waals surface area contributed by atoms with Crippen LogP contribution in [0.25, 0.3) is 0 Å². The number of carbonyl (C=O) groups is 1. The van der Waals surface area contributed by atoms with Crippen molar-refractivity contribution in [1.82, 2.24) is 0 Å². The lowest BCUT2D eigenvalue weighted by Crippen LogP contribution is -2.35. The van der Waals surface area contributed by atoms with Gasteiger partial charge in [-0.05, 0) is 166 Å². The summed E-state index contributed by atoms with van der Waals surface area (Å²) >= 11 is 0. The second-order valence-corrected chi connectivity index (χ2v) is 16.9. The van der Waals surface area contributed by atoms with E-state index in [-0.39, 0.29) is 18.1 Å². The van der Waals surface area contributed by atoms with Crippen LogP contribution in [-0.4, -0.2) is 43.4 Å². The van der Waals surface area contributed by atoms with Crippen molar-refractivity contribution in [3.8, 4) is 11.5 Å². The standard InChI is InChI=1S/C11H14O2.2C10H18O.C10H16O.C10H18/c1-4-5-9-6-7-10(12-2)11(8-9)13-3;1-9(2)7-4-5-10(9,3)8(11)6-7;2*1-9(2)5-4-6-10(3)7-8-11;1-5-10(4)8-6-7-9(2)3/h4,6-8H,1,5H2,2-3H3;7-8,11H,4-6H2,1-3H3;5,7,11H,4,6,8H2,1-3H3;5,7-8H,4,6H2,1-3H3;5,7,10H,1,6,8H2,2-4H3. The van der Waals surface area contributed by atoms with E-state index in [0.717, 1.165) is 67.8 Å². The minimum absolute atomic E-state index is 0.0313. The second-order valence-electron chi connectivity index (χ2n) is 16.9. The summed E-state index contributed by atoms with van der Waals surface area (Å²) in [6.45, 7) is 33.4. The molecule has 1 aromatic rings. The highest BCUT2D eigenvalue weighted by Crippen LogP contribution is 2.65. The molecule has 5 heteroatoms. The lowest BCUT2D eigenvalue weighted by molar-refractivity contribution is -0.104. The van der Waals surface area contributed by atoms with E-state index in [2.05, 4.69) is 108 Å². The number of benzene rings is 1. The molecule has 0 aromatic heterocycles. The Balaban J connectivity index is 0. The van der Waals surface area contributed by atoms with E-state index < -0.39 is 0 Å². The van der Waals surface area contributed by atoms with Gasteiger partial charge in [0.2, 0.25) is 0 Å². The molecule has 4 unspecified atom stereocenters. The van der Waals surface area contributed by atoms with Gasteiger partial charge in [-0.15, -0.1) is 13.2 Å². The van der Waals surface area contributed by atoms with Crippen molar-refractivity contribution in [3.63, 3.8) is 0 Å². The van der Waals surface area contributed by atoms with Gasteiger partial charge < -0.3 is 19.7 Å². The van der Waals surface area contributed by atoms with Gasteiger partial charge in [-0.3, -0.25) is 4.79 Å². The van der Waals surface area contributed by atoms with Crippen molar-refractivity contribution in [3.05, 3.63) is 107 Å². The number of ether oxygens (including phenoxy) is 2. The summed E-state index contributed by atoms with van der Waals surface area (Å²) in [5.41, 5.74) is 8.31. The summed E-state index contributed by atoms with van der Waals surface area (Å²) in [4.78, 5) is 10.0. The highest BCUT2D eigenvalue weighted by atomic mass is 16.5. The van der Waals surface area contributed by atoms with E-state index in [4.69, 9.17) is 14.6 Å². The van der Waals surface area contributed by atoms with Crippen LogP contribution in [-0.2, 0) is 11.2 Å². The summed E-state index contributed by atoms with van der Waals surface area (Å²) in [7, 11) is 3.26. The summed E-state index contributed by atoms with van der Waals surface area (Å²) in [5.74, 6) is 2.97. The molecular weight excluding hydrogens is 693 g/mol. The number of carbonyl (C=O) groups excluding carboxylic acids is 1. The van der Waals surface area contributed by atoms with Gasteiger partial charge in [-0.2, -0.15) is 0 Å². The molecule has 2 fully saturated rings. The highest BCUT2D eigenvalue weighted by molar-refractivity contribution is 5.65. The number of hydrogen-bond donors (Lipinski definition) is 2. The molecule has 0 amide bonds. The number of methoxy groups -OCH3 is 2. The van der Waals surface area contributed by atoms with Crippen molar-refractivity contribution in [2.45, 2.75) is 153 Å². The molecule has 0 spiro atoms. The third-order valence-electron chi connectivity index (χ3n) is 11.1. The average Bonchev–Trinajstić information content (AvgIpc) is 3.45. The lowest BCUT2D eigenvalue weighted by atomic mass is 9.70. The van der Waals surface area contributed by atoms with Crippen molar-refractivity contribution >= 4 is 6.29 Å². The van der Waals surface area contributed by atoms with Crippen LogP contribution in [0.15, 0.2) is 102 Å². The fourth-order valence-corrected chi connectivity index (χ4v) is 6.72. The molecule has 56 heavy (non-hydrogen) atoms. The van der Waals surface area contributed by atoms with Gasteiger partial charge in [0.1, 0.15) is 6.29 Å². The van der Waals surface area contributed by atoms with E-state index in [9.17, 15) is 9.90 Å². The average molecular weight is 777 g/mol. The molecule has 0 saturated heterocycles. The van der Waals surface area contributed by atoms with Crippen LogP contribution in [0.1, 0.15) is 146 Å². The van der Waals surface area contributed by atoms with Crippen molar-refractivity contribution in [2.24, 2.45) is 22.7 Å². The van der Waals surface area contributed by atoms with Crippen LogP contribution < -0.4 is 9.47 Å². The zero-order valence-corrected chi connectivity index (χ0v) is 38.4. The van der Waals surface area contributed by atoms with E-state index in [1.54, 1.807) is 20.3 Å². The minimum atomic E-state index is -0.0313. The molecule has 2 bridgehead atoms. The summed E-state index contributed by atoms with van der Waals surface area (Å²) in [6, 6.07) is 5.86. The molecule has 2 aliphatic carbocycles. The molecule has 2 saturated carbocycles. The predicted octanol–water partition coefficient (Wildman–Crippen LogP) is 13.7. The van der Waals surface area contributed by atoms with Crippen LogP contribution >= 0.6 is 0 Å². The molecular formula is C51H84O5. The van der Waals surface area contributed by atoms with Crippen LogP contribution in [0, 0.1) is 22.7 Å². The van der Waals surface area contributed by atoms with Gasteiger partial charge in [0, 0.05) is 0 Å². The molecule has 2 aliphatic rings. The number of aliphatic hydroxyl groups excluding tert-OH is 2. The number of aliphatic hydroxyl groups is 2. The normalized spacial score (nSPS) is 19.3. The lowest BCUT2D eigenvalue weighted by Gasteiger charge is -2.36. The first-order valence-corrected chi connectivity index (χ1v) is 20.7. The van der Waals surface area contributed by atoms with Crippen LogP contribution in [0.4, 0.5) is 0 Å². The Labute approximate surface area is 345 Å². The van der Waals surface area contributed by atoms with Gasteiger partial charge >= 0.3 is 0 Å². The minimum Gasteiger partial charge on any atom is -0.493 e. The number of aldehydes is 1. The Kier molecular flexibility index (Phi) is 30.0. The first-order chi connectivity index (χ1) is 26.3. The van der Waals surface area contributed by atoms with Crippen molar-refractivity contribution < 1.29 is 24.5 Å². The predicted molar refractivity (Wildman–Crippen MR) is 245 cm³/mol. The number of hydrogen-bond acceptors (Lipinski definition) is 5. The Hall–Kier alpha value is -3.41.